The van der Waals surface area contributed by atoms with Crippen LogP contribution in [0.1, 0.15) is 34.6 Å². The molecule has 2 N–H and O–H groups in total. The molecule has 0 aromatic heterocycles. The fraction of sp³-hybridized carbons (Fsp3) is 0.350. The first-order valence-corrected chi connectivity index (χ1v) is 8.84. The monoisotopic (exact) mass is 364 g/mol. The van der Waals surface area contributed by atoms with Crippen molar-refractivity contribution in [2.45, 2.75) is 45.8 Å². The van der Waals surface area contributed by atoms with Gasteiger partial charge >= 0.3 is 13.1 Å². The van der Waals surface area contributed by atoms with Gasteiger partial charge in [0.1, 0.15) is 7.85 Å². The van der Waals surface area contributed by atoms with E-state index in [-0.39, 0.29) is 6.03 Å². The van der Waals surface area contributed by atoms with Crippen LogP contribution < -0.4 is 16.1 Å². The summed E-state index contributed by atoms with van der Waals surface area (Å²) in [5, 5.41) is 5.48. The second kappa shape index (κ2) is 8.19. The van der Waals surface area contributed by atoms with Gasteiger partial charge in [0.25, 0.3) is 0 Å². The number of rotatable bonds is 5. The SMILES string of the molecule is [B]/C(C)=C/C=C(\C=C)NC(=O)Nc1ccc(B2OC(C)(C)C(C)(C)O2)cc1. The fourth-order valence-electron chi connectivity index (χ4n) is 2.38. The first kappa shape index (κ1) is 21.1. The van der Waals surface area contributed by atoms with Gasteiger partial charge in [-0.2, -0.15) is 0 Å². The highest BCUT2D eigenvalue weighted by Gasteiger charge is 2.51. The van der Waals surface area contributed by atoms with Crippen LogP contribution in [0.15, 0.2) is 60.2 Å². The van der Waals surface area contributed by atoms with Crippen LogP contribution in [0.3, 0.4) is 0 Å². The van der Waals surface area contributed by atoms with E-state index in [2.05, 4.69) is 17.2 Å². The molecule has 0 saturated carbocycles. The number of allylic oxidation sites excluding steroid dienone is 4. The van der Waals surface area contributed by atoms with Crippen molar-refractivity contribution in [1.29, 1.82) is 0 Å². The number of benzene rings is 1. The largest absolute Gasteiger partial charge is 0.494 e. The molecule has 0 unspecified atom stereocenters. The molecule has 1 saturated heterocycles. The summed E-state index contributed by atoms with van der Waals surface area (Å²) in [5.74, 6) is 0. The Kier molecular flexibility index (Phi) is 6.39. The summed E-state index contributed by atoms with van der Waals surface area (Å²) >= 11 is 0. The first-order chi connectivity index (χ1) is 12.5. The molecule has 0 atom stereocenters. The number of amides is 2. The Morgan fingerprint density at radius 3 is 2.15 bits per heavy atom. The van der Waals surface area contributed by atoms with Gasteiger partial charge in [0.05, 0.1) is 11.2 Å². The molecule has 1 aromatic rings. The van der Waals surface area contributed by atoms with Crippen molar-refractivity contribution in [2.24, 2.45) is 0 Å². The fourth-order valence-corrected chi connectivity index (χ4v) is 2.38. The summed E-state index contributed by atoms with van der Waals surface area (Å²) in [7, 11) is 5.15. The Bertz CT molecular complexity index is 748. The van der Waals surface area contributed by atoms with E-state index in [0.717, 1.165) is 5.46 Å². The maximum absolute atomic E-state index is 12.1. The van der Waals surface area contributed by atoms with Crippen molar-refractivity contribution >= 4 is 32.1 Å². The first-order valence-electron chi connectivity index (χ1n) is 8.84. The van der Waals surface area contributed by atoms with E-state index in [1.807, 2.05) is 39.8 Å². The van der Waals surface area contributed by atoms with Crippen molar-refractivity contribution in [2.75, 3.05) is 5.32 Å². The molecule has 0 aliphatic carbocycles. The average molecular weight is 364 g/mol. The molecule has 2 rings (SSSR count). The molecule has 1 aliphatic heterocycles. The molecule has 1 aliphatic rings. The van der Waals surface area contributed by atoms with Crippen molar-refractivity contribution in [3.8, 4) is 0 Å². The van der Waals surface area contributed by atoms with E-state index in [0.29, 0.717) is 16.9 Å². The number of hydrogen-bond donors (Lipinski definition) is 2. The van der Waals surface area contributed by atoms with E-state index in [1.165, 1.54) is 0 Å². The van der Waals surface area contributed by atoms with Crippen LogP contribution in [0.25, 0.3) is 0 Å². The highest BCUT2D eigenvalue weighted by atomic mass is 16.7. The Morgan fingerprint density at radius 1 is 1.11 bits per heavy atom. The highest BCUT2D eigenvalue weighted by Crippen LogP contribution is 2.36. The van der Waals surface area contributed by atoms with E-state index in [1.54, 1.807) is 37.3 Å². The second-order valence-corrected chi connectivity index (χ2v) is 7.53. The van der Waals surface area contributed by atoms with Gasteiger partial charge in [-0.05, 0) is 57.4 Å². The van der Waals surface area contributed by atoms with Crippen LogP contribution in [-0.2, 0) is 9.31 Å². The van der Waals surface area contributed by atoms with E-state index in [9.17, 15) is 4.79 Å². The van der Waals surface area contributed by atoms with Crippen LogP contribution >= 0.6 is 0 Å². The lowest BCUT2D eigenvalue weighted by Gasteiger charge is -2.32. The van der Waals surface area contributed by atoms with Gasteiger partial charge < -0.3 is 19.9 Å². The molecule has 140 valence electrons. The second-order valence-electron chi connectivity index (χ2n) is 7.53. The molecule has 5 nitrogen and oxygen atoms in total. The smallest absolute Gasteiger partial charge is 0.399 e. The molecule has 1 heterocycles. The molecule has 1 fully saturated rings. The lowest BCUT2D eigenvalue weighted by atomic mass is 9.79. The third-order valence-electron chi connectivity index (χ3n) is 4.70. The Morgan fingerprint density at radius 2 is 1.67 bits per heavy atom. The summed E-state index contributed by atoms with van der Waals surface area (Å²) in [5.41, 5.74) is 1.95. The quantitative estimate of drug-likeness (QED) is 0.623. The third-order valence-corrected chi connectivity index (χ3v) is 4.70. The predicted molar refractivity (Wildman–Crippen MR) is 112 cm³/mol. The molecule has 2 radical (unpaired) electrons. The molecule has 27 heavy (non-hydrogen) atoms. The van der Waals surface area contributed by atoms with Gasteiger partial charge in [0, 0.05) is 11.4 Å². The van der Waals surface area contributed by atoms with E-state index < -0.39 is 18.3 Å². The van der Waals surface area contributed by atoms with Gasteiger partial charge in [-0.1, -0.05) is 31.7 Å². The average Bonchev–Trinajstić information content (AvgIpc) is 2.79. The molecular weight excluding hydrogens is 338 g/mol. The normalized spacial score (nSPS) is 18.9. The highest BCUT2D eigenvalue weighted by molar-refractivity contribution is 6.62. The summed E-state index contributed by atoms with van der Waals surface area (Å²) in [6.07, 6.45) is 4.92. The zero-order chi connectivity index (χ0) is 20.2. The maximum Gasteiger partial charge on any atom is 0.494 e. The summed E-state index contributed by atoms with van der Waals surface area (Å²) in [6, 6.07) is 7.00. The molecule has 7 heteroatoms. The molecule has 1 aromatic carbocycles. The summed E-state index contributed by atoms with van der Waals surface area (Å²) in [4.78, 5) is 12.1. The summed E-state index contributed by atoms with van der Waals surface area (Å²) < 4.78 is 12.1. The minimum atomic E-state index is -0.431. The molecule has 0 bridgehead atoms. The molecule has 0 spiro atoms. The number of anilines is 1. The van der Waals surface area contributed by atoms with Gasteiger partial charge in [-0.3, -0.25) is 0 Å². The standard InChI is InChI=1S/C20H26B2N2O3/c1-7-16(11-8-14(2)21)23-18(25)24-17-12-9-15(10-13-17)22-26-19(3,4)20(5,6)27-22/h7-13H,1H2,2-6H3,(H2,23,24,25)/b14-8+,16-11+. The van der Waals surface area contributed by atoms with Crippen LogP contribution in [0.5, 0.6) is 0 Å². The minimum absolute atomic E-state index is 0.368. The number of hydrogen-bond acceptors (Lipinski definition) is 3. The van der Waals surface area contributed by atoms with Crippen molar-refractivity contribution in [3.05, 3.63) is 60.2 Å². The van der Waals surface area contributed by atoms with Crippen LogP contribution in [0.2, 0.25) is 0 Å². The lowest BCUT2D eigenvalue weighted by Crippen LogP contribution is -2.41. The van der Waals surface area contributed by atoms with Gasteiger partial charge in [0.15, 0.2) is 0 Å². The Hall–Kier alpha value is -2.24. The van der Waals surface area contributed by atoms with Crippen molar-refractivity contribution in [3.63, 3.8) is 0 Å². The number of carbonyl (C=O) groups excluding carboxylic acids is 1. The van der Waals surface area contributed by atoms with Crippen molar-refractivity contribution < 1.29 is 14.1 Å². The van der Waals surface area contributed by atoms with Gasteiger partial charge in [0.2, 0.25) is 0 Å². The molecular formula is C20H26B2N2O3. The number of urea groups is 1. The number of carbonyl (C=O) groups is 1. The minimum Gasteiger partial charge on any atom is -0.399 e. The van der Waals surface area contributed by atoms with Gasteiger partial charge in [-0.15, -0.1) is 5.47 Å². The van der Waals surface area contributed by atoms with Crippen LogP contribution in [0, 0.1) is 0 Å². The maximum atomic E-state index is 12.1. The Labute approximate surface area is 163 Å². The van der Waals surface area contributed by atoms with E-state index in [4.69, 9.17) is 17.2 Å². The topological polar surface area (TPSA) is 59.6 Å². The van der Waals surface area contributed by atoms with Crippen LogP contribution in [-0.4, -0.2) is 32.2 Å². The summed E-state index contributed by atoms with van der Waals surface area (Å²) in [6.45, 7) is 13.5. The predicted octanol–water partition coefficient (Wildman–Crippen LogP) is 3.25. The lowest BCUT2D eigenvalue weighted by molar-refractivity contribution is 0.00578. The van der Waals surface area contributed by atoms with Crippen LogP contribution in [0.4, 0.5) is 10.5 Å². The number of nitrogens with one attached hydrogen (secondary N) is 2. The third kappa shape index (κ3) is 5.37. The van der Waals surface area contributed by atoms with E-state index >= 15 is 0 Å². The van der Waals surface area contributed by atoms with Crippen molar-refractivity contribution in [1.82, 2.24) is 5.32 Å². The van der Waals surface area contributed by atoms with Gasteiger partial charge in [-0.25, -0.2) is 4.79 Å². The molecule has 2 amide bonds. The zero-order valence-electron chi connectivity index (χ0n) is 16.6. The zero-order valence-corrected chi connectivity index (χ0v) is 16.6. The Balaban J connectivity index is 2.00.